The van der Waals surface area contributed by atoms with Crippen LogP contribution in [0.3, 0.4) is 0 Å². The van der Waals surface area contributed by atoms with Crippen LogP contribution in [0.5, 0.6) is 0 Å². The third-order valence-corrected chi connectivity index (χ3v) is 4.84. The summed E-state index contributed by atoms with van der Waals surface area (Å²) in [6.07, 6.45) is 4.79. The van der Waals surface area contributed by atoms with Gasteiger partial charge in [0.15, 0.2) is 0 Å². The minimum atomic E-state index is -0.427. The van der Waals surface area contributed by atoms with Gasteiger partial charge in [0.2, 0.25) is 0 Å². The van der Waals surface area contributed by atoms with Gasteiger partial charge in [-0.25, -0.2) is 0 Å². The Morgan fingerprint density at radius 1 is 1.10 bits per heavy atom. The van der Waals surface area contributed by atoms with Crippen molar-refractivity contribution in [3.8, 4) is 0 Å². The van der Waals surface area contributed by atoms with Crippen molar-refractivity contribution in [3.05, 3.63) is 48.0 Å². The predicted octanol–water partition coefficient (Wildman–Crippen LogP) is 4.04. The maximum atomic E-state index is 10.4. The lowest BCUT2D eigenvalue weighted by molar-refractivity contribution is 0.157. The Bertz CT molecular complexity index is 595. The zero-order chi connectivity index (χ0) is 14.7. The van der Waals surface area contributed by atoms with Gasteiger partial charge in [0.25, 0.3) is 0 Å². The Kier molecular flexibility index (Phi) is 4.57. The first-order valence-electron chi connectivity index (χ1n) is 8.14. The maximum Gasteiger partial charge on any atom is 0.0914 e. The molecule has 0 amide bonds. The Morgan fingerprint density at radius 3 is 2.67 bits per heavy atom. The van der Waals surface area contributed by atoms with Gasteiger partial charge in [0.1, 0.15) is 0 Å². The summed E-state index contributed by atoms with van der Waals surface area (Å²) in [7, 11) is 0. The molecule has 3 atom stereocenters. The van der Waals surface area contributed by atoms with Crippen molar-refractivity contribution in [2.45, 2.75) is 44.8 Å². The summed E-state index contributed by atoms with van der Waals surface area (Å²) in [5.74, 6) is 0.725. The van der Waals surface area contributed by atoms with Crippen molar-refractivity contribution in [1.82, 2.24) is 5.32 Å². The van der Waals surface area contributed by atoms with E-state index >= 15 is 0 Å². The smallest absolute Gasteiger partial charge is 0.0914 e. The molecule has 0 saturated heterocycles. The quantitative estimate of drug-likeness (QED) is 0.887. The van der Waals surface area contributed by atoms with Crippen LogP contribution in [-0.4, -0.2) is 17.7 Å². The third kappa shape index (κ3) is 3.45. The van der Waals surface area contributed by atoms with Crippen LogP contribution in [0.15, 0.2) is 42.5 Å². The molecule has 0 unspecified atom stereocenters. The first kappa shape index (κ1) is 14.6. The minimum Gasteiger partial charge on any atom is -0.387 e. The molecule has 1 saturated carbocycles. The van der Waals surface area contributed by atoms with Gasteiger partial charge in [-0.2, -0.15) is 0 Å². The number of aliphatic hydroxyl groups excluding tert-OH is 1. The molecule has 0 aromatic heterocycles. The first-order chi connectivity index (χ1) is 10.2. The molecule has 2 aromatic rings. The van der Waals surface area contributed by atoms with E-state index in [1.54, 1.807) is 0 Å². The molecule has 112 valence electrons. The van der Waals surface area contributed by atoms with E-state index in [9.17, 15) is 5.11 Å². The highest BCUT2D eigenvalue weighted by atomic mass is 16.3. The van der Waals surface area contributed by atoms with E-state index in [0.29, 0.717) is 12.6 Å². The van der Waals surface area contributed by atoms with E-state index < -0.39 is 6.10 Å². The van der Waals surface area contributed by atoms with E-state index in [-0.39, 0.29) is 0 Å². The molecule has 2 heteroatoms. The molecule has 21 heavy (non-hydrogen) atoms. The van der Waals surface area contributed by atoms with Gasteiger partial charge >= 0.3 is 0 Å². The van der Waals surface area contributed by atoms with E-state index in [1.807, 2.05) is 18.2 Å². The second kappa shape index (κ2) is 6.59. The number of rotatable bonds is 4. The van der Waals surface area contributed by atoms with Crippen LogP contribution in [0.1, 0.15) is 44.3 Å². The summed E-state index contributed by atoms with van der Waals surface area (Å²) in [6.45, 7) is 2.96. The van der Waals surface area contributed by atoms with E-state index in [4.69, 9.17) is 0 Å². The Morgan fingerprint density at radius 2 is 1.86 bits per heavy atom. The fourth-order valence-corrected chi connectivity index (χ4v) is 3.42. The monoisotopic (exact) mass is 283 g/mol. The Hall–Kier alpha value is -1.38. The lowest BCUT2D eigenvalue weighted by Gasteiger charge is -2.30. The zero-order valence-electron chi connectivity index (χ0n) is 12.8. The molecule has 0 heterocycles. The van der Waals surface area contributed by atoms with E-state index in [1.165, 1.54) is 36.5 Å². The molecular weight excluding hydrogens is 258 g/mol. The molecule has 3 rings (SSSR count). The number of aliphatic hydroxyl groups is 1. The highest BCUT2D eigenvalue weighted by Gasteiger charge is 2.21. The van der Waals surface area contributed by atoms with Crippen molar-refractivity contribution < 1.29 is 5.11 Å². The van der Waals surface area contributed by atoms with E-state index in [2.05, 4.69) is 36.5 Å². The summed E-state index contributed by atoms with van der Waals surface area (Å²) in [4.78, 5) is 0. The van der Waals surface area contributed by atoms with Gasteiger partial charge < -0.3 is 10.4 Å². The molecule has 2 aromatic carbocycles. The molecule has 1 fully saturated rings. The molecule has 1 aliphatic carbocycles. The first-order valence-corrected chi connectivity index (χ1v) is 8.14. The van der Waals surface area contributed by atoms with Gasteiger partial charge in [0.05, 0.1) is 6.10 Å². The number of hydrogen-bond donors (Lipinski definition) is 2. The Balaban J connectivity index is 1.64. The zero-order valence-corrected chi connectivity index (χ0v) is 12.8. The molecule has 2 nitrogen and oxygen atoms in total. The molecule has 0 bridgehead atoms. The molecule has 0 spiro atoms. The predicted molar refractivity (Wildman–Crippen MR) is 88.3 cm³/mol. The average Bonchev–Trinajstić information content (AvgIpc) is 2.53. The number of nitrogens with one attached hydrogen (secondary N) is 1. The van der Waals surface area contributed by atoms with Crippen LogP contribution in [0.25, 0.3) is 10.8 Å². The number of benzene rings is 2. The van der Waals surface area contributed by atoms with Crippen molar-refractivity contribution in [2.75, 3.05) is 6.54 Å². The fraction of sp³-hybridized carbons (Fsp3) is 0.474. The molecule has 2 N–H and O–H groups in total. The fourth-order valence-electron chi connectivity index (χ4n) is 3.42. The van der Waals surface area contributed by atoms with Crippen LogP contribution in [0.2, 0.25) is 0 Å². The Labute approximate surface area is 127 Å². The lowest BCUT2D eigenvalue weighted by atomic mass is 9.86. The van der Waals surface area contributed by atoms with Crippen molar-refractivity contribution in [1.29, 1.82) is 0 Å². The minimum absolute atomic E-state index is 0.427. The number of hydrogen-bond acceptors (Lipinski definition) is 2. The summed E-state index contributed by atoms with van der Waals surface area (Å²) in [5, 5.41) is 16.4. The molecule has 1 aliphatic rings. The van der Waals surface area contributed by atoms with Gasteiger partial charge in [-0.15, -0.1) is 0 Å². The van der Waals surface area contributed by atoms with Gasteiger partial charge in [-0.05, 0) is 41.2 Å². The largest absolute Gasteiger partial charge is 0.387 e. The van der Waals surface area contributed by atoms with Crippen molar-refractivity contribution in [3.63, 3.8) is 0 Å². The van der Waals surface area contributed by atoms with Crippen LogP contribution in [0.4, 0.5) is 0 Å². The van der Waals surface area contributed by atoms with Crippen LogP contribution < -0.4 is 5.32 Å². The maximum absolute atomic E-state index is 10.4. The van der Waals surface area contributed by atoms with Crippen molar-refractivity contribution in [2.24, 2.45) is 5.92 Å². The highest BCUT2D eigenvalue weighted by molar-refractivity contribution is 5.83. The lowest BCUT2D eigenvalue weighted by Crippen LogP contribution is -2.39. The van der Waals surface area contributed by atoms with Crippen LogP contribution in [-0.2, 0) is 0 Å². The summed E-state index contributed by atoms with van der Waals surface area (Å²) in [6, 6.07) is 15.1. The van der Waals surface area contributed by atoms with Gasteiger partial charge in [-0.3, -0.25) is 0 Å². The second-order valence-electron chi connectivity index (χ2n) is 6.40. The normalized spacial score (nSPS) is 24.1. The topological polar surface area (TPSA) is 32.3 Å². The molecule has 0 aliphatic heterocycles. The summed E-state index contributed by atoms with van der Waals surface area (Å²) >= 11 is 0. The van der Waals surface area contributed by atoms with Crippen molar-refractivity contribution >= 4 is 10.8 Å². The van der Waals surface area contributed by atoms with Gasteiger partial charge in [-0.1, -0.05) is 56.2 Å². The molecule has 0 radical (unpaired) electrons. The highest BCUT2D eigenvalue weighted by Crippen LogP contribution is 2.25. The average molecular weight is 283 g/mol. The number of fused-ring (bicyclic) bond motifs is 1. The second-order valence-corrected chi connectivity index (χ2v) is 6.40. The van der Waals surface area contributed by atoms with E-state index in [0.717, 1.165) is 11.5 Å². The standard InChI is InChI=1S/C19H25NO/c1-14-6-2-5-9-18(14)20-13-19(21)17-11-10-15-7-3-4-8-16(15)12-17/h3-4,7-8,10-12,14,18-21H,2,5-6,9,13H2,1H3/t14-,18-,19-/m1/s1. The van der Waals surface area contributed by atoms with Crippen LogP contribution >= 0.6 is 0 Å². The third-order valence-electron chi connectivity index (χ3n) is 4.84. The summed E-state index contributed by atoms with van der Waals surface area (Å²) in [5.41, 5.74) is 1.00. The van der Waals surface area contributed by atoms with Crippen LogP contribution in [0, 0.1) is 5.92 Å². The SMILES string of the molecule is C[C@@H]1CCCC[C@H]1NC[C@@H](O)c1ccc2ccccc2c1. The summed E-state index contributed by atoms with van der Waals surface area (Å²) < 4.78 is 0. The molecular formula is C19H25NO. The van der Waals surface area contributed by atoms with Gasteiger partial charge in [0, 0.05) is 12.6 Å².